The van der Waals surface area contributed by atoms with Crippen molar-refractivity contribution in [3.05, 3.63) is 83.2 Å². The summed E-state index contributed by atoms with van der Waals surface area (Å²) in [5.41, 5.74) is 5.32. The normalized spacial score (nSPS) is 26.6. The zero-order chi connectivity index (χ0) is 20.7. The van der Waals surface area contributed by atoms with Gasteiger partial charge in [0.15, 0.2) is 0 Å². The summed E-state index contributed by atoms with van der Waals surface area (Å²) < 4.78 is 1.98. The molecule has 5 rings (SSSR count). The summed E-state index contributed by atoms with van der Waals surface area (Å²) in [4.78, 5) is 2.51. The van der Waals surface area contributed by atoms with Gasteiger partial charge in [0, 0.05) is 37.3 Å². The van der Waals surface area contributed by atoms with Crippen molar-refractivity contribution in [2.24, 2.45) is 11.8 Å². The molecule has 2 fully saturated rings. The molecule has 156 valence electrons. The summed E-state index contributed by atoms with van der Waals surface area (Å²) in [7, 11) is 0. The Balaban J connectivity index is 1.32. The van der Waals surface area contributed by atoms with Crippen LogP contribution in [0.25, 0.3) is 5.69 Å². The minimum Gasteiger partial charge on any atom is -0.385 e. The molecule has 0 amide bonds. The molecular weight excluding hydrogens is 370 g/mol. The number of aromatic nitrogens is 2. The summed E-state index contributed by atoms with van der Waals surface area (Å²) >= 11 is 0. The average molecular weight is 402 g/mol. The monoisotopic (exact) mass is 401 g/mol. The van der Waals surface area contributed by atoms with Gasteiger partial charge in [-0.05, 0) is 67.9 Å². The van der Waals surface area contributed by atoms with E-state index in [0.29, 0.717) is 11.8 Å². The molecule has 4 heteroatoms. The van der Waals surface area contributed by atoms with Crippen molar-refractivity contribution in [1.29, 1.82) is 0 Å². The molecule has 30 heavy (non-hydrogen) atoms. The smallest absolute Gasteiger partial charge is 0.0939 e. The Morgan fingerprint density at radius 3 is 2.70 bits per heavy atom. The third-order valence-corrected chi connectivity index (χ3v) is 7.33. The number of hydrogen-bond donors (Lipinski definition) is 1. The van der Waals surface area contributed by atoms with Crippen LogP contribution in [0.15, 0.2) is 60.9 Å². The minimum absolute atomic E-state index is 0.309. The average Bonchev–Trinajstić information content (AvgIpc) is 3.39. The van der Waals surface area contributed by atoms with E-state index in [1.807, 2.05) is 29.1 Å². The summed E-state index contributed by atoms with van der Waals surface area (Å²) in [6.45, 7) is 7.18. The summed E-state index contributed by atoms with van der Waals surface area (Å²) in [6.07, 6.45) is 7.33. The number of benzene rings is 2. The lowest BCUT2D eigenvalue weighted by molar-refractivity contribution is -0.0648. The van der Waals surface area contributed by atoms with E-state index >= 15 is 0 Å². The molecule has 3 aromatic rings. The van der Waals surface area contributed by atoms with Crippen molar-refractivity contribution >= 4 is 0 Å². The third kappa shape index (κ3) is 3.48. The molecule has 1 N–H and O–H groups in total. The molecule has 1 aliphatic carbocycles. The zero-order valence-electron chi connectivity index (χ0n) is 18.0. The fraction of sp³-hybridized carbons (Fsp3) is 0.423. The van der Waals surface area contributed by atoms with E-state index < -0.39 is 5.60 Å². The second-order valence-electron chi connectivity index (χ2n) is 9.30. The Bertz CT molecular complexity index is 1030. The number of fused-ring (bicyclic) bond motifs is 1. The number of rotatable bonds is 4. The fourth-order valence-corrected chi connectivity index (χ4v) is 5.54. The maximum Gasteiger partial charge on any atom is 0.0939 e. The molecule has 3 atom stereocenters. The molecule has 2 aromatic carbocycles. The van der Waals surface area contributed by atoms with Crippen LogP contribution in [0, 0.1) is 25.7 Å². The van der Waals surface area contributed by atoms with Gasteiger partial charge in [-0.3, -0.25) is 4.90 Å². The van der Waals surface area contributed by atoms with Crippen LogP contribution >= 0.6 is 0 Å². The van der Waals surface area contributed by atoms with E-state index in [1.165, 1.54) is 23.1 Å². The standard InChI is InChI=1S/C26H31N3O/c1-19-10-11-24(13-20(19)2)29-16-21(14-27-29)15-28-17-22-7-6-12-26(30,25(22)18-28)23-8-4-3-5-9-23/h3-5,8-11,13-14,16,22,25,30H,6-7,12,15,17-18H2,1-2H3/t22-,25+,26+/m1/s1. The van der Waals surface area contributed by atoms with Crippen LogP contribution in [-0.4, -0.2) is 32.9 Å². The topological polar surface area (TPSA) is 41.3 Å². The third-order valence-electron chi connectivity index (χ3n) is 7.33. The van der Waals surface area contributed by atoms with Gasteiger partial charge in [-0.2, -0.15) is 5.10 Å². The molecule has 2 aliphatic rings. The van der Waals surface area contributed by atoms with Crippen LogP contribution in [0.4, 0.5) is 0 Å². The molecule has 0 radical (unpaired) electrons. The van der Waals surface area contributed by atoms with Gasteiger partial charge in [-0.25, -0.2) is 4.68 Å². The van der Waals surface area contributed by atoms with Crippen LogP contribution in [0.1, 0.15) is 41.5 Å². The Labute approximate surface area is 179 Å². The lowest BCUT2D eigenvalue weighted by Crippen LogP contribution is -2.42. The molecule has 1 saturated heterocycles. The Morgan fingerprint density at radius 1 is 1.07 bits per heavy atom. The van der Waals surface area contributed by atoms with E-state index in [-0.39, 0.29) is 0 Å². The predicted octanol–water partition coefficient (Wildman–Crippen LogP) is 4.61. The maximum absolute atomic E-state index is 11.7. The maximum atomic E-state index is 11.7. The largest absolute Gasteiger partial charge is 0.385 e. The molecule has 4 nitrogen and oxygen atoms in total. The van der Waals surface area contributed by atoms with Crippen LogP contribution in [0.2, 0.25) is 0 Å². The van der Waals surface area contributed by atoms with Gasteiger partial charge in [0.2, 0.25) is 0 Å². The number of hydrogen-bond acceptors (Lipinski definition) is 3. The van der Waals surface area contributed by atoms with Gasteiger partial charge in [-0.1, -0.05) is 36.4 Å². The predicted molar refractivity (Wildman–Crippen MR) is 119 cm³/mol. The molecule has 1 aliphatic heterocycles. The molecule has 2 heterocycles. The second-order valence-corrected chi connectivity index (χ2v) is 9.30. The highest BCUT2D eigenvalue weighted by molar-refractivity contribution is 5.39. The Hall–Kier alpha value is -2.43. The fourth-order valence-electron chi connectivity index (χ4n) is 5.54. The van der Waals surface area contributed by atoms with Crippen molar-refractivity contribution in [3.63, 3.8) is 0 Å². The van der Waals surface area contributed by atoms with Gasteiger partial charge in [0.05, 0.1) is 17.5 Å². The SMILES string of the molecule is Cc1ccc(-n2cc(CN3C[C@H]4CCC[C@](O)(c5ccccc5)[C@H]4C3)cn2)cc1C. The first kappa shape index (κ1) is 19.5. The molecule has 0 bridgehead atoms. The summed E-state index contributed by atoms with van der Waals surface area (Å²) in [5.74, 6) is 0.877. The van der Waals surface area contributed by atoms with E-state index in [9.17, 15) is 5.11 Å². The first-order chi connectivity index (χ1) is 14.5. The van der Waals surface area contributed by atoms with Gasteiger partial charge in [0.1, 0.15) is 0 Å². The van der Waals surface area contributed by atoms with E-state index in [2.05, 4.69) is 60.4 Å². The highest BCUT2D eigenvalue weighted by Crippen LogP contribution is 2.48. The zero-order valence-corrected chi connectivity index (χ0v) is 18.0. The van der Waals surface area contributed by atoms with E-state index in [1.54, 1.807) is 0 Å². The lowest BCUT2D eigenvalue weighted by Gasteiger charge is -2.41. The Morgan fingerprint density at radius 2 is 1.90 bits per heavy atom. The number of aryl methyl sites for hydroxylation is 2. The van der Waals surface area contributed by atoms with Gasteiger partial charge < -0.3 is 5.11 Å². The van der Waals surface area contributed by atoms with Crippen LogP contribution in [0.3, 0.4) is 0 Å². The highest BCUT2D eigenvalue weighted by Gasteiger charge is 2.49. The van der Waals surface area contributed by atoms with Crippen molar-refractivity contribution in [2.45, 2.75) is 45.3 Å². The quantitative estimate of drug-likeness (QED) is 0.694. The second kappa shape index (κ2) is 7.68. The van der Waals surface area contributed by atoms with E-state index in [4.69, 9.17) is 0 Å². The number of nitrogens with zero attached hydrogens (tertiary/aromatic N) is 3. The molecule has 1 saturated carbocycles. The summed E-state index contributed by atoms with van der Waals surface area (Å²) in [5, 5.41) is 16.3. The molecule has 1 aromatic heterocycles. The van der Waals surface area contributed by atoms with E-state index in [0.717, 1.165) is 43.7 Å². The van der Waals surface area contributed by atoms with Crippen molar-refractivity contribution in [1.82, 2.24) is 14.7 Å². The lowest BCUT2D eigenvalue weighted by atomic mass is 9.67. The van der Waals surface area contributed by atoms with Gasteiger partial charge in [-0.15, -0.1) is 0 Å². The van der Waals surface area contributed by atoms with Crippen molar-refractivity contribution in [2.75, 3.05) is 13.1 Å². The molecular formula is C26H31N3O. The van der Waals surface area contributed by atoms with Gasteiger partial charge in [0.25, 0.3) is 0 Å². The first-order valence-electron chi connectivity index (χ1n) is 11.1. The van der Waals surface area contributed by atoms with Crippen molar-refractivity contribution in [3.8, 4) is 5.69 Å². The van der Waals surface area contributed by atoms with Gasteiger partial charge >= 0.3 is 0 Å². The first-order valence-corrected chi connectivity index (χ1v) is 11.1. The van der Waals surface area contributed by atoms with Crippen LogP contribution < -0.4 is 0 Å². The van der Waals surface area contributed by atoms with Crippen LogP contribution in [-0.2, 0) is 12.1 Å². The molecule has 0 spiro atoms. The summed E-state index contributed by atoms with van der Waals surface area (Å²) in [6, 6.07) is 16.8. The van der Waals surface area contributed by atoms with Crippen molar-refractivity contribution < 1.29 is 5.11 Å². The Kier molecular flexibility index (Phi) is 5.00. The minimum atomic E-state index is -0.692. The number of likely N-dealkylation sites (tertiary alicyclic amines) is 1. The van der Waals surface area contributed by atoms with Crippen LogP contribution in [0.5, 0.6) is 0 Å². The number of aliphatic hydroxyl groups is 1. The molecule has 0 unspecified atom stereocenters. The highest BCUT2D eigenvalue weighted by atomic mass is 16.3.